The Morgan fingerprint density at radius 2 is 1.79 bits per heavy atom. The molecule has 0 radical (unpaired) electrons. The maximum Gasteiger partial charge on any atom is 0.137 e. The predicted octanol–water partition coefficient (Wildman–Crippen LogP) is 3.80. The van der Waals surface area contributed by atoms with Gasteiger partial charge in [-0.3, -0.25) is 9.08 Å². The van der Waals surface area contributed by atoms with Crippen LogP contribution in [0.25, 0.3) is 28.3 Å². The topological polar surface area (TPSA) is 72.9 Å². The number of pyridine rings is 1. The second-order valence-corrected chi connectivity index (χ2v) is 6.79. The lowest BCUT2D eigenvalue weighted by Crippen LogP contribution is -2.02. The average molecular weight is 381 g/mol. The molecule has 0 atom stereocenters. The normalized spacial score (nSPS) is 11.1. The van der Waals surface area contributed by atoms with Crippen LogP contribution in [-0.2, 0) is 13.6 Å². The van der Waals surface area contributed by atoms with E-state index in [0.717, 1.165) is 34.1 Å². The van der Waals surface area contributed by atoms with Crippen molar-refractivity contribution < 1.29 is 0 Å². The van der Waals surface area contributed by atoms with E-state index >= 15 is 0 Å². The Hall–Kier alpha value is -4.00. The summed E-state index contributed by atoms with van der Waals surface area (Å²) in [6, 6.07) is 18.2. The SMILES string of the molecule is Cn1ccc(-c2ccc(CNc3cc(-c4cnc5ccccn45)ncn3)cc2)n1. The van der Waals surface area contributed by atoms with Gasteiger partial charge in [-0.15, -0.1) is 0 Å². The van der Waals surface area contributed by atoms with Crippen LogP contribution < -0.4 is 5.32 Å². The molecule has 0 saturated heterocycles. The van der Waals surface area contributed by atoms with Gasteiger partial charge in [0.15, 0.2) is 0 Å². The molecule has 5 aromatic rings. The van der Waals surface area contributed by atoms with E-state index in [1.165, 1.54) is 5.56 Å². The van der Waals surface area contributed by atoms with Gasteiger partial charge in [-0.25, -0.2) is 15.0 Å². The van der Waals surface area contributed by atoms with Crippen LogP contribution in [0.5, 0.6) is 0 Å². The number of hydrogen-bond donors (Lipinski definition) is 1. The zero-order valence-corrected chi connectivity index (χ0v) is 15.9. The lowest BCUT2D eigenvalue weighted by atomic mass is 10.1. The van der Waals surface area contributed by atoms with Crippen LogP contribution >= 0.6 is 0 Å². The molecule has 0 aliphatic heterocycles. The maximum atomic E-state index is 4.44. The van der Waals surface area contributed by atoms with Crippen molar-refractivity contribution in [3.05, 3.63) is 85.1 Å². The third kappa shape index (κ3) is 3.45. The minimum absolute atomic E-state index is 0.673. The molecule has 0 saturated carbocycles. The van der Waals surface area contributed by atoms with Crippen molar-refractivity contribution >= 4 is 11.5 Å². The zero-order chi connectivity index (χ0) is 19.6. The lowest BCUT2D eigenvalue weighted by molar-refractivity contribution is 0.771. The second kappa shape index (κ2) is 7.20. The number of fused-ring (bicyclic) bond motifs is 1. The van der Waals surface area contributed by atoms with Gasteiger partial charge in [-0.05, 0) is 23.8 Å². The molecule has 0 spiro atoms. The Balaban J connectivity index is 1.32. The number of imidazole rings is 1. The van der Waals surface area contributed by atoms with Crippen LogP contribution in [-0.4, -0.2) is 29.1 Å². The van der Waals surface area contributed by atoms with E-state index in [9.17, 15) is 0 Å². The third-order valence-electron chi connectivity index (χ3n) is 4.78. The van der Waals surface area contributed by atoms with Crippen LogP contribution in [0, 0.1) is 0 Å². The molecule has 0 unspecified atom stereocenters. The summed E-state index contributed by atoms with van der Waals surface area (Å²) in [6.07, 6.45) is 7.33. The molecule has 29 heavy (non-hydrogen) atoms. The van der Waals surface area contributed by atoms with Crippen LogP contribution in [0.3, 0.4) is 0 Å². The molecule has 0 aliphatic carbocycles. The molecule has 4 aromatic heterocycles. The zero-order valence-electron chi connectivity index (χ0n) is 15.9. The van der Waals surface area contributed by atoms with Crippen molar-refractivity contribution in [3.8, 4) is 22.6 Å². The van der Waals surface area contributed by atoms with E-state index in [0.29, 0.717) is 6.54 Å². The molecule has 0 bridgehead atoms. The van der Waals surface area contributed by atoms with Gasteiger partial charge < -0.3 is 5.32 Å². The highest BCUT2D eigenvalue weighted by Gasteiger charge is 2.08. The Kier molecular flexibility index (Phi) is 4.25. The molecular formula is C22H19N7. The first kappa shape index (κ1) is 17.1. The van der Waals surface area contributed by atoms with Crippen molar-refractivity contribution in [2.24, 2.45) is 7.05 Å². The Bertz CT molecular complexity index is 1270. The highest BCUT2D eigenvalue weighted by atomic mass is 15.2. The fourth-order valence-corrected chi connectivity index (χ4v) is 3.27. The summed E-state index contributed by atoms with van der Waals surface area (Å²) in [6.45, 7) is 0.673. The molecule has 7 heteroatoms. The molecular weight excluding hydrogens is 362 g/mol. The fraction of sp³-hybridized carbons (Fsp3) is 0.0909. The van der Waals surface area contributed by atoms with Crippen molar-refractivity contribution in [2.45, 2.75) is 6.54 Å². The largest absolute Gasteiger partial charge is 0.366 e. The van der Waals surface area contributed by atoms with Gasteiger partial charge in [0, 0.05) is 37.6 Å². The van der Waals surface area contributed by atoms with Gasteiger partial charge in [0.1, 0.15) is 17.8 Å². The summed E-state index contributed by atoms with van der Waals surface area (Å²) < 4.78 is 3.82. The maximum absolute atomic E-state index is 4.44. The summed E-state index contributed by atoms with van der Waals surface area (Å²) in [5, 5.41) is 7.81. The minimum atomic E-state index is 0.673. The Labute approximate surface area is 167 Å². The standard InChI is InChI=1S/C22H19N7/c1-28-11-9-18(27-28)17-7-5-16(6-8-17)13-23-21-12-19(25-15-26-21)20-14-24-22-4-2-3-10-29(20)22/h2-12,14-15H,13H2,1H3,(H,23,25,26). The molecule has 0 fully saturated rings. The Morgan fingerprint density at radius 1 is 0.897 bits per heavy atom. The molecule has 1 N–H and O–H groups in total. The summed E-state index contributed by atoms with van der Waals surface area (Å²) in [5.74, 6) is 0.773. The van der Waals surface area contributed by atoms with Crippen molar-refractivity contribution in [1.82, 2.24) is 29.1 Å². The highest BCUT2D eigenvalue weighted by molar-refractivity contribution is 5.63. The van der Waals surface area contributed by atoms with Gasteiger partial charge >= 0.3 is 0 Å². The van der Waals surface area contributed by atoms with Gasteiger partial charge in [-0.2, -0.15) is 5.10 Å². The van der Waals surface area contributed by atoms with E-state index in [-0.39, 0.29) is 0 Å². The van der Waals surface area contributed by atoms with E-state index in [1.54, 1.807) is 11.0 Å². The van der Waals surface area contributed by atoms with Crippen LogP contribution in [0.2, 0.25) is 0 Å². The summed E-state index contributed by atoms with van der Waals surface area (Å²) in [7, 11) is 1.92. The summed E-state index contributed by atoms with van der Waals surface area (Å²) in [4.78, 5) is 13.2. The molecule has 4 heterocycles. The second-order valence-electron chi connectivity index (χ2n) is 6.79. The first-order chi connectivity index (χ1) is 14.3. The number of hydrogen-bond acceptors (Lipinski definition) is 5. The van der Waals surface area contributed by atoms with Crippen LogP contribution in [0.1, 0.15) is 5.56 Å². The fourth-order valence-electron chi connectivity index (χ4n) is 3.27. The van der Waals surface area contributed by atoms with Crippen LogP contribution in [0.15, 0.2) is 79.5 Å². The highest BCUT2D eigenvalue weighted by Crippen LogP contribution is 2.21. The number of benzene rings is 1. The molecule has 142 valence electrons. The number of nitrogens with zero attached hydrogens (tertiary/aromatic N) is 6. The lowest BCUT2D eigenvalue weighted by Gasteiger charge is -2.08. The van der Waals surface area contributed by atoms with Gasteiger partial charge in [-0.1, -0.05) is 30.3 Å². The smallest absolute Gasteiger partial charge is 0.137 e. The number of rotatable bonds is 5. The van der Waals surface area contributed by atoms with E-state index < -0.39 is 0 Å². The summed E-state index contributed by atoms with van der Waals surface area (Å²) >= 11 is 0. The first-order valence-electron chi connectivity index (χ1n) is 9.34. The first-order valence-corrected chi connectivity index (χ1v) is 9.34. The Morgan fingerprint density at radius 3 is 2.62 bits per heavy atom. The number of aryl methyl sites for hydroxylation is 1. The van der Waals surface area contributed by atoms with Gasteiger partial charge in [0.05, 0.1) is 23.3 Å². The summed E-state index contributed by atoms with van der Waals surface area (Å²) in [5.41, 5.74) is 5.90. The van der Waals surface area contributed by atoms with Gasteiger partial charge in [0.2, 0.25) is 0 Å². The molecule has 0 aliphatic rings. The quantitative estimate of drug-likeness (QED) is 0.501. The molecule has 5 rings (SSSR count). The monoisotopic (exact) mass is 381 g/mol. The predicted molar refractivity (Wildman–Crippen MR) is 112 cm³/mol. The molecule has 1 aromatic carbocycles. The number of anilines is 1. The van der Waals surface area contributed by atoms with Crippen LogP contribution in [0.4, 0.5) is 5.82 Å². The number of aromatic nitrogens is 6. The van der Waals surface area contributed by atoms with E-state index in [4.69, 9.17) is 0 Å². The van der Waals surface area contributed by atoms with E-state index in [2.05, 4.69) is 49.6 Å². The third-order valence-corrected chi connectivity index (χ3v) is 4.78. The minimum Gasteiger partial charge on any atom is -0.366 e. The van der Waals surface area contributed by atoms with Crippen molar-refractivity contribution in [3.63, 3.8) is 0 Å². The van der Waals surface area contributed by atoms with Crippen molar-refractivity contribution in [1.29, 1.82) is 0 Å². The molecule has 0 amide bonds. The van der Waals surface area contributed by atoms with Gasteiger partial charge in [0.25, 0.3) is 0 Å². The molecule has 7 nitrogen and oxygen atoms in total. The number of nitrogens with one attached hydrogen (secondary N) is 1. The van der Waals surface area contributed by atoms with E-state index in [1.807, 2.05) is 60.4 Å². The average Bonchev–Trinajstić information content (AvgIpc) is 3.39. The van der Waals surface area contributed by atoms with Crippen molar-refractivity contribution in [2.75, 3.05) is 5.32 Å².